The van der Waals surface area contributed by atoms with E-state index < -0.39 is 24.0 Å². The number of para-hydroxylation sites is 1. The largest absolute Gasteiger partial charge is 0.479 e. The highest BCUT2D eigenvalue weighted by Gasteiger charge is 2.38. The fourth-order valence-corrected chi connectivity index (χ4v) is 2.08. The van der Waals surface area contributed by atoms with Crippen LogP contribution in [-0.4, -0.2) is 39.2 Å². The van der Waals surface area contributed by atoms with Gasteiger partial charge in [-0.2, -0.15) is 0 Å². The molecule has 2 aromatic rings. The minimum absolute atomic E-state index is 0.0850. The second kappa shape index (κ2) is 6.36. The molecule has 0 spiro atoms. The van der Waals surface area contributed by atoms with Crippen molar-refractivity contribution in [1.29, 1.82) is 0 Å². The standard InChI is InChI=1S/C16H16N2O4/c1-2-9-16(10-19,15(21)22)18-14(20)13-8-7-11-5-3-4-6-12(11)17-13/h2-8,19H,1,9-10H2,(H,18,20)(H,21,22). The first kappa shape index (κ1) is 15.7. The number of nitrogens with zero attached hydrogens (tertiary/aromatic N) is 1. The predicted octanol–water partition coefficient (Wildman–Crippen LogP) is 1.36. The lowest BCUT2D eigenvalue weighted by molar-refractivity contribution is -0.146. The molecule has 1 heterocycles. The topological polar surface area (TPSA) is 99.5 Å². The SMILES string of the molecule is C=CCC(CO)(NC(=O)c1ccc2ccccc2n1)C(=O)O. The fourth-order valence-electron chi connectivity index (χ4n) is 2.08. The molecule has 1 aromatic heterocycles. The van der Waals surface area contributed by atoms with Crippen molar-refractivity contribution in [3.8, 4) is 0 Å². The molecule has 0 radical (unpaired) electrons. The quantitative estimate of drug-likeness (QED) is 0.699. The Labute approximate surface area is 127 Å². The van der Waals surface area contributed by atoms with Crippen molar-refractivity contribution in [3.05, 3.63) is 54.7 Å². The molecule has 0 fully saturated rings. The summed E-state index contributed by atoms with van der Waals surface area (Å²) in [5.74, 6) is -1.99. The van der Waals surface area contributed by atoms with Crippen LogP contribution in [0.5, 0.6) is 0 Å². The van der Waals surface area contributed by atoms with Gasteiger partial charge >= 0.3 is 5.97 Å². The van der Waals surface area contributed by atoms with Crippen LogP contribution in [0, 0.1) is 0 Å². The summed E-state index contributed by atoms with van der Waals surface area (Å²) in [6.45, 7) is 2.71. The van der Waals surface area contributed by atoms with Crippen molar-refractivity contribution in [2.75, 3.05) is 6.61 Å². The Morgan fingerprint density at radius 2 is 2.00 bits per heavy atom. The van der Waals surface area contributed by atoms with E-state index >= 15 is 0 Å². The summed E-state index contributed by atoms with van der Waals surface area (Å²) in [4.78, 5) is 27.8. The number of aliphatic hydroxyl groups is 1. The second-order valence-electron chi connectivity index (χ2n) is 4.88. The Bertz CT molecular complexity index is 729. The van der Waals surface area contributed by atoms with E-state index in [0.29, 0.717) is 5.52 Å². The van der Waals surface area contributed by atoms with Crippen LogP contribution >= 0.6 is 0 Å². The van der Waals surface area contributed by atoms with Crippen molar-refractivity contribution < 1.29 is 19.8 Å². The summed E-state index contributed by atoms with van der Waals surface area (Å²) in [7, 11) is 0. The van der Waals surface area contributed by atoms with E-state index in [1.165, 1.54) is 12.1 Å². The number of aromatic nitrogens is 1. The zero-order valence-electron chi connectivity index (χ0n) is 11.8. The van der Waals surface area contributed by atoms with Gasteiger partial charge < -0.3 is 15.5 Å². The number of rotatable bonds is 6. The van der Waals surface area contributed by atoms with Gasteiger partial charge in [0.1, 0.15) is 5.69 Å². The number of carbonyl (C=O) groups excluding carboxylic acids is 1. The summed E-state index contributed by atoms with van der Waals surface area (Å²) < 4.78 is 0. The maximum absolute atomic E-state index is 12.3. The van der Waals surface area contributed by atoms with Crippen LogP contribution in [0.3, 0.4) is 0 Å². The van der Waals surface area contributed by atoms with E-state index in [0.717, 1.165) is 5.39 Å². The van der Waals surface area contributed by atoms with Crippen LogP contribution in [0.2, 0.25) is 0 Å². The molecule has 0 aliphatic heterocycles. The number of pyridine rings is 1. The van der Waals surface area contributed by atoms with E-state index in [9.17, 15) is 19.8 Å². The average Bonchev–Trinajstić information content (AvgIpc) is 2.53. The van der Waals surface area contributed by atoms with E-state index in [1.54, 1.807) is 18.2 Å². The number of fused-ring (bicyclic) bond motifs is 1. The molecule has 1 atom stereocenters. The van der Waals surface area contributed by atoms with Crippen LogP contribution in [0.4, 0.5) is 0 Å². The smallest absolute Gasteiger partial charge is 0.332 e. The highest BCUT2D eigenvalue weighted by Crippen LogP contribution is 2.15. The third-order valence-electron chi connectivity index (χ3n) is 3.36. The highest BCUT2D eigenvalue weighted by molar-refractivity contribution is 5.98. The number of aliphatic hydroxyl groups excluding tert-OH is 1. The highest BCUT2D eigenvalue weighted by atomic mass is 16.4. The van der Waals surface area contributed by atoms with Crippen LogP contribution in [-0.2, 0) is 4.79 Å². The number of aliphatic carboxylic acids is 1. The molecular weight excluding hydrogens is 284 g/mol. The summed E-state index contributed by atoms with van der Waals surface area (Å²) in [5, 5.41) is 21.9. The summed E-state index contributed by atoms with van der Waals surface area (Å²) >= 11 is 0. The molecule has 22 heavy (non-hydrogen) atoms. The van der Waals surface area contributed by atoms with Crippen LogP contribution < -0.4 is 5.32 Å². The molecular formula is C16H16N2O4. The van der Waals surface area contributed by atoms with Crippen LogP contribution in [0.1, 0.15) is 16.9 Å². The molecule has 2 rings (SSSR count). The number of benzene rings is 1. The van der Waals surface area contributed by atoms with Gasteiger partial charge in [0.15, 0.2) is 5.54 Å². The molecule has 0 bridgehead atoms. The van der Waals surface area contributed by atoms with Gasteiger partial charge in [-0.25, -0.2) is 9.78 Å². The number of nitrogens with one attached hydrogen (secondary N) is 1. The minimum atomic E-state index is -1.80. The van der Waals surface area contributed by atoms with Crippen molar-refractivity contribution >= 4 is 22.8 Å². The molecule has 0 saturated carbocycles. The number of amides is 1. The predicted molar refractivity (Wildman–Crippen MR) is 81.5 cm³/mol. The Morgan fingerprint density at radius 3 is 2.64 bits per heavy atom. The van der Waals surface area contributed by atoms with Gasteiger partial charge in [0, 0.05) is 11.8 Å². The molecule has 0 aliphatic rings. The molecule has 1 aromatic carbocycles. The van der Waals surface area contributed by atoms with Crippen LogP contribution in [0.25, 0.3) is 10.9 Å². The molecule has 0 saturated heterocycles. The average molecular weight is 300 g/mol. The third-order valence-corrected chi connectivity index (χ3v) is 3.36. The van der Waals surface area contributed by atoms with Gasteiger partial charge in [-0.05, 0) is 12.1 Å². The van der Waals surface area contributed by atoms with Crippen molar-refractivity contribution in [3.63, 3.8) is 0 Å². The Morgan fingerprint density at radius 1 is 1.27 bits per heavy atom. The monoisotopic (exact) mass is 300 g/mol. The van der Waals surface area contributed by atoms with Crippen molar-refractivity contribution in [2.45, 2.75) is 12.0 Å². The zero-order valence-corrected chi connectivity index (χ0v) is 11.8. The van der Waals surface area contributed by atoms with Gasteiger partial charge in [-0.3, -0.25) is 4.79 Å². The minimum Gasteiger partial charge on any atom is -0.479 e. The maximum atomic E-state index is 12.3. The molecule has 3 N–H and O–H groups in total. The van der Waals surface area contributed by atoms with Gasteiger partial charge in [-0.1, -0.05) is 30.3 Å². The first-order valence-electron chi connectivity index (χ1n) is 6.66. The van der Waals surface area contributed by atoms with Gasteiger partial charge in [-0.15, -0.1) is 6.58 Å². The molecule has 1 unspecified atom stereocenters. The van der Waals surface area contributed by atoms with Gasteiger partial charge in [0.2, 0.25) is 0 Å². The lowest BCUT2D eigenvalue weighted by Crippen LogP contribution is -2.57. The molecule has 6 nitrogen and oxygen atoms in total. The van der Waals surface area contributed by atoms with E-state index in [1.807, 2.05) is 12.1 Å². The number of carbonyl (C=O) groups is 2. The van der Waals surface area contributed by atoms with Crippen molar-refractivity contribution in [2.24, 2.45) is 0 Å². The fraction of sp³-hybridized carbons (Fsp3) is 0.188. The number of hydrogen-bond acceptors (Lipinski definition) is 4. The summed E-state index contributed by atoms with van der Waals surface area (Å²) in [6, 6.07) is 10.5. The maximum Gasteiger partial charge on any atom is 0.332 e. The normalized spacial score (nSPS) is 13.3. The van der Waals surface area contributed by atoms with E-state index in [4.69, 9.17) is 0 Å². The Kier molecular flexibility index (Phi) is 4.53. The van der Waals surface area contributed by atoms with Crippen molar-refractivity contribution in [1.82, 2.24) is 10.3 Å². The number of hydrogen-bond donors (Lipinski definition) is 3. The molecule has 1 amide bonds. The summed E-state index contributed by atoms with van der Waals surface area (Å²) in [5.41, 5.74) is -1.09. The molecule has 0 aliphatic carbocycles. The zero-order chi connectivity index (χ0) is 16.2. The Balaban J connectivity index is 2.32. The lowest BCUT2D eigenvalue weighted by Gasteiger charge is -2.27. The van der Waals surface area contributed by atoms with E-state index in [2.05, 4.69) is 16.9 Å². The van der Waals surface area contributed by atoms with Gasteiger partial charge in [0.25, 0.3) is 5.91 Å². The number of carboxylic acid groups (broad SMARTS) is 1. The lowest BCUT2D eigenvalue weighted by atomic mass is 9.96. The molecule has 114 valence electrons. The Hall–Kier alpha value is -2.73. The first-order chi connectivity index (χ1) is 10.5. The number of carboxylic acids is 1. The third kappa shape index (κ3) is 2.96. The first-order valence-corrected chi connectivity index (χ1v) is 6.66. The summed E-state index contributed by atoms with van der Waals surface area (Å²) in [6.07, 6.45) is 1.23. The second-order valence-corrected chi connectivity index (χ2v) is 4.88. The van der Waals surface area contributed by atoms with Crippen LogP contribution in [0.15, 0.2) is 49.1 Å². The molecule has 6 heteroatoms. The van der Waals surface area contributed by atoms with Gasteiger partial charge in [0.05, 0.1) is 12.1 Å². The van der Waals surface area contributed by atoms with E-state index in [-0.39, 0.29) is 12.1 Å².